The molecule has 1 fully saturated rings. The number of aromatic nitrogens is 1. The first-order valence-electron chi connectivity index (χ1n) is 11.3. The van der Waals surface area contributed by atoms with Crippen molar-refractivity contribution < 1.29 is 47.6 Å². The van der Waals surface area contributed by atoms with Crippen molar-refractivity contribution in [2.24, 2.45) is 0 Å². The standard InChI is InChI=1S/C24H28NO11P/c1-11-5-7-16(25-11)23(28)36-22-19(27)24(33-13(3)21(22)32-4)34-17-8-6-15-14(10-37(29,30)31)9-18(26)35-20(15)12(17)2/h5-9,13,19,21-22,24-25,27H,10H2,1-4H3,(H2,29,30,31)/p-2. The van der Waals surface area contributed by atoms with Crippen LogP contribution in [0.4, 0.5) is 0 Å². The first kappa shape index (κ1) is 27.1. The fourth-order valence-corrected chi connectivity index (χ4v) is 5.04. The fraction of sp³-hybridized carbons (Fsp3) is 0.417. The van der Waals surface area contributed by atoms with Crippen LogP contribution in [0.25, 0.3) is 11.0 Å². The number of esters is 1. The molecule has 37 heavy (non-hydrogen) atoms. The first-order chi connectivity index (χ1) is 17.4. The molecule has 1 saturated heterocycles. The number of aliphatic hydroxyl groups excluding tert-OH is 1. The molecule has 1 aromatic carbocycles. The molecule has 1 aliphatic rings. The van der Waals surface area contributed by atoms with Crippen LogP contribution < -0.4 is 20.1 Å². The predicted molar refractivity (Wildman–Crippen MR) is 125 cm³/mol. The lowest BCUT2D eigenvalue weighted by molar-refractivity contribution is -0.314. The van der Waals surface area contributed by atoms with E-state index in [9.17, 15) is 29.0 Å². The number of nitrogens with one attached hydrogen (secondary N) is 1. The van der Waals surface area contributed by atoms with Gasteiger partial charge in [-0.1, -0.05) is 7.60 Å². The summed E-state index contributed by atoms with van der Waals surface area (Å²) in [4.78, 5) is 50.2. The van der Waals surface area contributed by atoms with Gasteiger partial charge >= 0.3 is 11.6 Å². The molecule has 3 heterocycles. The van der Waals surface area contributed by atoms with Crippen LogP contribution in [-0.4, -0.2) is 53.9 Å². The van der Waals surface area contributed by atoms with Crippen LogP contribution in [0.2, 0.25) is 0 Å². The highest BCUT2D eigenvalue weighted by Crippen LogP contribution is 2.36. The number of carbonyl (C=O) groups is 1. The minimum absolute atomic E-state index is 0.00581. The summed E-state index contributed by atoms with van der Waals surface area (Å²) in [5, 5.41) is 11.3. The lowest BCUT2D eigenvalue weighted by Gasteiger charge is -2.42. The summed E-state index contributed by atoms with van der Waals surface area (Å²) in [5.74, 6) is -0.547. The van der Waals surface area contributed by atoms with E-state index in [0.717, 1.165) is 11.8 Å². The number of fused-ring (bicyclic) bond motifs is 1. The minimum Gasteiger partial charge on any atom is -0.810 e. The van der Waals surface area contributed by atoms with Gasteiger partial charge in [-0.15, -0.1) is 0 Å². The Morgan fingerprint density at radius 2 is 1.92 bits per heavy atom. The third-order valence-corrected chi connectivity index (χ3v) is 6.85. The van der Waals surface area contributed by atoms with Gasteiger partial charge in [0.1, 0.15) is 23.1 Å². The molecule has 0 bridgehead atoms. The molecule has 0 spiro atoms. The van der Waals surface area contributed by atoms with E-state index < -0.39 is 56.1 Å². The van der Waals surface area contributed by atoms with Gasteiger partial charge in [-0.05, 0) is 50.6 Å². The van der Waals surface area contributed by atoms with E-state index in [1.54, 1.807) is 32.9 Å². The largest absolute Gasteiger partial charge is 0.810 e. The molecule has 13 heteroatoms. The normalized spacial score (nSPS) is 24.2. The van der Waals surface area contributed by atoms with Crippen molar-refractivity contribution >= 4 is 24.5 Å². The zero-order valence-electron chi connectivity index (χ0n) is 20.5. The van der Waals surface area contributed by atoms with E-state index in [2.05, 4.69) is 4.98 Å². The Bertz CT molecular complexity index is 1410. The minimum atomic E-state index is -4.95. The molecule has 200 valence electrons. The Kier molecular flexibility index (Phi) is 7.61. The fourth-order valence-electron chi connectivity index (χ4n) is 4.36. The summed E-state index contributed by atoms with van der Waals surface area (Å²) in [6, 6.07) is 7.12. The summed E-state index contributed by atoms with van der Waals surface area (Å²) in [5.41, 5.74) is 0.447. The van der Waals surface area contributed by atoms with Crippen LogP contribution in [-0.2, 0) is 24.9 Å². The van der Waals surface area contributed by atoms with Gasteiger partial charge in [-0.3, -0.25) is 0 Å². The van der Waals surface area contributed by atoms with Crippen LogP contribution >= 0.6 is 7.60 Å². The van der Waals surface area contributed by atoms with Crippen molar-refractivity contribution in [3.63, 3.8) is 0 Å². The molecule has 0 saturated carbocycles. The van der Waals surface area contributed by atoms with Gasteiger partial charge in [-0.2, -0.15) is 0 Å². The first-order valence-corrected chi connectivity index (χ1v) is 13.1. The summed E-state index contributed by atoms with van der Waals surface area (Å²) >= 11 is 0. The molecule has 5 atom stereocenters. The molecule has 4 rings (SSSR count). The second-order valence-electron chi connectivity index (χ2n) is 8.87. The Balaban J connectivity index is 1.63. The van der Waals surface area contributed by atoms with Gasteiger partial charge in [-0.25, -0.2) is 9.59 Å². The molecule has 1 aliphatic heterocycles. The smallest absolute Gasteiger partial charge is 0.355 e. The maximum Gasteiger partial charge on any atom is 0.355 e. The molecule has 2 aromatic heterocycles. The van der Waals surface area contributed by atoms with Crippen LogP contribution in [0.5, 0.6) is 5.75 Å². The number of hydrogen-bond acceptors (Lipinski definition) is 11. The molecule has 3 aromatic rings. The van der Waals surface area contributed by atoms with Gasteiger partial charge in [0.25, 0.3) is 0 Å². The molecule has 12 nitrogen and oxygen atoms in total. The van der Waals surface area contributed by atoms with E-state index in [-0.39, 0.29) is 28.0 Å². The average molecular weight is 535 g/mol. The van der Waals surface area contributed by atoms with Crippen LogP contribution in [0, 0.1) is 13.8 Å². The van der Waals surface area contributed by atoms with E-state index in [4.69, 9.17) is 23.4 Å². The number of benzene rings is 1. The number of aryl methyl sites for hydroxylation is 2. The summed E-state index contributed by atoms with van der Waals surface area (Å²) in [6.45, 7) is 5.00. The highest BCUT2D eigenvalue weighted by Gasteiger charge is 2.48. The number of aliphatic hydroxyl groups is 1. The number of hydrogen-bond donors (Lipinski definition) is 2. The van der Waals surface area contributed by atoms with Gasteiger partial charge < -0.3 is 47.8 Å². The maximum absolute atomic E-state index is 12.7. The molecule has 2 N–H and O–H groups in total. The third-order valence-electron chi connectivity index (χ3n) is 6.12. The molecular formula is C24H26NO11P-2. The van der Waals surface area contributed by atoms with Crippen molar-refractivity contribution in [1.29, 1.82) is 0 Å². The van der Waals surface area contributed by atoms with Crippen LogP contribution in [0.3, 0.4) is 0 Å². The highest BCUT2D eigenvalue weighted by atomic mass is 31.2. The highest BCUT2D eigenvalue weighted by molar-refractivity contribution is 7.47. The molecule has 5 unspecified atom stereocenters. The molecule has 0 radical (unpaired) electrons. The topological polar surface area (TPSA) is 183 Å². The number of rotatable bonds is 7. The Labute approximate surface area is 211 Å². The van der Waals surface area contributed by atoms with Crippen molar-refractivity contribution in [3.8, 4) is 5.75 Å². The lowest BCUT2D eigenvalue weighted by atomic mass is 9.99. The SMILES string of the molecule is COC1C(C)OC(Oc2ccc3c(CP(=O)([O-])[O-])cc(=O)oc3c2C)C(O)C1OC(=O)c1ccc(C)[nH]1. The van der Waals surface area contributed by atoms with Gasteiger partial charge in [0, 0.05) is 36.0 Å². The number of H-pyrrole nitrogens is 1. The summed E-state index contributed by atoms with van der Waals surface area (Å²) < 4.78 is 39.3. The summed E-state index contributed by atoms with van der Waals surface area (Å²) in [7, 11) is -3.56. The maximum atomic E-state index is 12.7. The number of ether oxygens (including phenoxy) is 4. The zero-order chi connectivity index (χ0) is 27.1. The van der Waals surface area contributed by atoms with E-state index in [1.807, 2.05) is 0 Å². The van der Waals surface area contributed by atoms with Gasteiger partial charge in [0.2, 0.25) is 6.29 Å². The van der Waals surface area contributed by atoms with Gasteiger partial charge in [0.05, 0.1) is 6.10 Å². The monoisotopic (exact) mass is 535 g/mol. The Morgan fingerprint density at radius 1 is 1.19 bits per heavy atom. The molecular weight excluding hydrogens is 509 g/mol. The van der Waals surface area contributed by atoms with Crippen LogP contribution in [0.1, 0.15) is 34.2 Å². The average Bonchev–Trinajstić information content (AvgIpc) is 3.24. The molecule has 0 aliphatic carbocycles. The predicted octanol–water partition coefficient (Wildman–Crippen LogP) is 0.877. The lowest BCUT2D eigenvalue weighted by Crippen LogP contribution is -2.60. The number of aromatic amines is 1. The van der Waals surface area contributed by atoms with Crippen molar-refractivity contribution in [3.05, 3.63) is 63.3 Å². The molecule has 0 amide bonds. The van der Waals surface area contributed by atoms with E-state index >= 15 is 0 Å². The quantitative estimate of drug-likeness (QED) is 0.249. The van der Waals surface area contributed by atoms with Crippen molar-refractivity contribution in [2.75, 3.05) is 7.11 Å². The van der Waals surface area contributed by atoms with Gasteiger partial charge in [0.15, 0.2) is 12.2 Å². The van der Waals surface area contributed by atoms with E-state index in [0.29, 0.717) is 5.56 Å². The second-order valence-corrected chi connectivity index (χ2v) is 10.4. The number of methoxy groups -OCH3 is 1. The second kappa shape index (κ2) is 10.4. The Hall–Kier alpha value is -2.99. The third kappa shape index (κ3) is 5.80. The zero-order valence-corrected chi connectivity index (χ0v) is 21.4. The van der Waals surface area contributed by atoms with E-state index in [1.165, 1.54) is 19.2 Å². The number of carbonyl (C=O) groups excluding carboxylic acids is 1. The summed E-state index contributed by atoms with van der Waals surface area (Å²) in [6.07, 6.45) is -6.25. The van der Waals surface area contributed by atoms with Crippen molar-refractivity contribution in [2.45, 2.75) is 57.6 Å². The van der Waals surface area contributed by atoms with Crippen LogP contribution in [0.15, 0.2) is 39.5 Å². The Morgan fingerprint density at radius 3 is 2.54 bits per heavy atom. The van der Waals surface area contributed by atoms with Crippen molar-refractivity contribution in [1.82, 2.24) is 4.98 Å².